The average Bonchev–Trinajstić information content (AvgIpc) is 2.49. The van der Waals surface area contributed by atoms with E-state index in [2.05, 4.69) is 43.0 Å². The molecule has 1 aromatic rings. The minimum atomic E-state index is 0.238. The lowest BCUT2D eigenvalue weighted by Gasteiger charge is -2.37. The fourth-order valence-corrected chi connectivity index (χ4v) is 3.46. The third-order valence-electron chi connectivity index (χ3n) is 4.79. The summed E-state index contributed by atoms with van der Waals surface area (Å²) in [4.78, 5) is 2.41. The predicted molar refractivity (Wildman–Crippen MR) is 83.8 cm³/mol. The lowest BCUT2D eigenvalue weighted by Crippen LogP contribution is -2.37. The van der Waals surface area contributed by atoms with E-state index in [1.165, 1.54) is 43.4 Å². The second-order valence-corrected chi connectivity index (χ2v) is 5.77. The third-order valence-corrected chi connectivity index (χ3v) is 4.79. The highest BCUT2D eigenvalue weighted by atomic mass is 15.1. The molecule has 1 aliphatic rings. The van der Waals surface area contributed by atoms with E-state index in [0.717, 1.165) is 19.6 Å². The van der Waals surface area contributed by atoms with Crippen LogP contribution in [0.3, 0.4) is 0 Å². The van der Waals surface area contributed by atoms with Crippen LogP contribution in [0, 0.1) is 0 Å². The van der Waals surface area contributed by atoms with E-state index in [4.69, 9.17) is 5.73 Å². The zero-order valence-electron chi connectivity index (χ0n) is 12.5. The smallest absolute Gasteiger partial charge is 0.0368 e. The van der Waals surface area contributed by atoms with Crippen molar-refractivity contribution in [1.82, 2.24) is 0 Å². The van der Waals surface area contributed by atoms with Crippen LogP contribution in [0.5, 0.6) is 0 Å². The molecular formula is C17H28N2. The first-order valence-corrected chi connectivity index (χ1v) is 7.81. The zero-order chi connectivity index (χ0) is 13.7. The maximum Gasteiger partial charge on any atom is 0.0368 e. The maximum atomic E-state index is 6.15. The molecule has 0 saturated heterocycles. The van der Waals surface area contributed by atoms with Gasteiger partial charge in [0, 0.05) is 30.7 Å². The van der Waals surface area contributed by atoms with E-state index in [-0.39, 0.29) is 5.41 Å². The first-order valence-electron chi connectivity index (χ1n) is 7.81. The van der Waals surface area contributed by atoms with Gasteiger partial charge in [-0.05, 0) is 44.4 Å². The van der Waals surface area contributed by atoms with Crippen molar-refractivity contribution < 1.29 is 0 Å². The van der Waals surface area contributed by atoms with E-state index in [1.54, 1.807) is 0 Å². The van der Waals surface area contributed by atoms with Gasteiger partial charge in [-0.1, -0.05) is 31.4 Å². The van der Waals surface area contributed by atoms with Gasteiger partial charge in [0.05, 0.1) is 0 Å². The van der Waals surface area contributed by atoms with Crippen molar-refractivity contribution in [2.45, 2.75) is 51.4 Å². The molecule has 2 rings (SSSR count). The second kappa shape index (κ2) is 6.42. The SMILES string of the molecule is CCN(CC)c1cccc(C2(CN)CCCCC2)c1. The van der Waals surface area contributed by atoms with Gasteiger partial charge in [-0.25, -0.2) is 0 Å². The molecule has 1 fully saturated rings. The number of hydrogen-bond donors (Lipinski definition) is 1. The van der Waals surface area contributed by atoms with Crippen LogP contribution in [0.1, 0.15) is 51.5 Å². The first-order chi connectivity index (χ1) is 9.25. The number of rotatable bonds is 5. The molecule has 1 aliphatic carbocycles. The number of anilines is 1. The molecule has 0 radical (unpaired) electrons. The molecule has 0 bridgehead atoms. The summed E-state index contributed by atoms with van der Waals surface area (Å²) in [7, 11) is 0. The molecule has 2 N–H and O–H groups in total. The van der Waals surface area contributed by atoms with Crippen LogP contribution in [0.4, 0.5) is 5.69 Å². The standard InChI is InChI=1S/C17H28N2/c1-3-19(4-2)16-10-8-9-15(13-16)17(14-18)11-6-5-7-12-17/h8-10,13H,3-7,11-12,14,18H2,1-2H3. The van der Waals surface area contributed by atoms with Crippen LogP contribution in [0.25, 0.3) is 0 Å². The molecule has 0 aliphatic heterocycles. The van der Waals surface area contributed by atoms with Gasteiger partial charge in [-0.3, -0.25) is 0 Å². The molecule has 1 aromatic carbocycles. The Kier molecular flexibility index (Phi) is 4.87. The molecule has 0 unspecified atom stereocenters. The Labute approximate surface area is 118 Å². The Bertz CT molecular complexity index is 390. The first kappa shape index (κ1) is 14.4. The van der Waals surface area contributed by atoms with Crippen LogP contribution in [0.15, 0.2) is 24.3 Å². The van der Waals surface area contributed by atoms with E-state index >= 15 is 0 Å². The lowest BCUT2D eigenvalue weighted by atomic mass is 9.69. The molecular weight excluding hydrogens is 232 g/mol. The molecule has 0 heterocycles. The van der Waals surface area contributed by atoms with Gasteiger partial charge in [-0.2, -0.15) is 0 Å². The fraction of sp³-hybridized carbons (Fsp3) is 0.647. The summed E-state index contributed by atoms with van der Waals surface area (Å²) in [6.07, 6.45) is 6.54. The van der Waals surface area contributed by atoms with E-state index < -0.39 is 0 Å². The van der Waals surface area contributed by atoms with Gasteiger partial charge in [0.2, 0.25) is 0 Å². The molecule has 106 valence electrons. The van der Waals surface area contributed by atoms with E-state index in [9.17, 15) is 0 Å². The number of nitrogens with zero attached hydrogens (tertiary/aromatic N) is 1. The molecule has 2 heteroatoms. The molecule has 1 saturated carbocycles. The highest BCUT2D eigenvalue weighted by Crippen LogP contribution is 2.39. The summed E-state index contributed by atoms with van der Waals surface area (Å²) in [6, 6.07) is 9.09. The van der Waals surface area contributed by atoms with Crippen LogP contribution < -0.4 is 10.6 Å². The lowest BCUT2D eigenvalue weighted by molar-refractivity contribution is 0.301. The van der Waals surface area contributed by atoms with Gasteiger partial charge < -0.3 is 10.6 Å². The number of benzene rings is 1. The van der Waals surface area contributed by atoms with Crippen molar-refractivity contribution in [2.24, 2.45) is 5.73 Å². The minimum absolute atomic E-state index is 0.238. The largest absolute Gasteiger partial charge is 0.372 e. The maximum absolute atomic E-state index is 6.15. The van der Waals surface area contributed by atoms with Crippen LogP contribution in [-0.2, 0) is 5.41 Å². The van der Waals surface area contributed by atoms with Crippen molar-refractivity contribution in [3.05, 3.63) is 29.8 Å². The zero-order valence-corrected chi connectivity index (χ0v) is 12.5. The summed E-state index contributed by atoms with van der Waals surface area (Å²) < 4.78 is 0. The van der Waals surface area contributed by atoms with Gasteiger partial charge in [0.1, 0.15) is 0 Å². The Morgan fingerprint density at radius 3 is 2.37 bits per heavy atom. The molecule has 0 amide bonds. The van der Waals surface area contributed by atoms with Crippen LogP contribution in [0.2, 0.25) is 0 Å². The molecule has 0 spiro atoms. The minimum Gasteiger partial charge on any atom is -0.372 e. The summed E-state index contributed by atoms with van der Waals surface area (Å²) in [6.45, 7) is 7.35. The van der Waals surface area contributed by atoms with Gasteiger partial charge in [-0.15, -0.1) is 0 Å². The highest BCUT2D eigenvalue weighted by molar-refractivity contribution is 5.50. The molecule has 0 atom stereocenters. The normalized spacial score (nSPS) is 18.3. The van der Waals surface area contributed by atoms with Crippen LogP contribution >= 0.6 is 0 Å². The summed E-state index contributed by atoms with van der Waals surface area (Å²) in [5.41, 5.74) is 9.19. The van der Waals surface area contributed by atoms with Crippen molar-refractivity contribution >= 4 is 5.69 Å². The molecule has 19 heavy (non-hydrogen) atoms. The van der Waals surface area contributed by atoms with E-state index in [0.29, 0.717) is 0 Å². The van der Waals surface area contributed by atoms with Crippen LogP contribution in [-0.4, -0.2) is 19.6 Å². The summed E-state index contributed by atoms with van der Waals surface area (Å²) in [5.74, 6) is 0. The summed E-state index contributed by atoms with van der Waals surface area (Å²) in [5, 5.41) is 0. The van der Waals surface area contributed by atoms with Crippen molar-refractivity contribution in [3.8, 4) is 0 Å². The second-order valence-electron chi connectivity index (χ2n) is 5.77. The van der Waals surface area contributed by atoms with Crippen molar-refractivity contribution in [3.63, 3.8) is 0 Å². The Balaban J connectivity index is 2.30. The highest BCUT2D eigenvalue weighted by Gasteiger charge is 2.32. The third kappa shape index (κ3) is 2.94. The monoisotopic (exact) mass is 260 g/mol. The van der Waals surface area contributed by atoms with Crippen molar-refractivity contribution in [1.29, 1.82) is 0 Å². The van der Waals surface area contributed by atoms with Gasteiger partial charge in [0.15, 0.2) is 0 Å². The number of hydrogen-bond acceptors (Lipinski definition) is 2. The Hall–Kier alpha value is -1.02. The quantitative estimate of drug-likeness (QED) is 0.875. The summed E-state index contributed by atoms with van der Waals surface area (Å²) >= 11 is 0. The predicted octanol–water partition coefficient (Wildman–Crippen LogP) is 3.69. The van der Waals surface area contributed by atoms with Crippen molar-refractivity contribution in [2.75, 3.05) is 24.5 Å². The Morgan fingerprint density at radius 1 is 1.11 bits per heavy atom. The average molecular weight is 260 g/mol. The number of nitrogens with two attached hydrogens (primary N) is 1. The fourth-order valence-electron chi connectivity index (χ4n) is 3.46. The topological polar surface area (TPSA) is 29.3 Å². The van der Waals surface area contributed by atoms with E-state index in [1.807, 2.05) is 0 Å². The molecule has 2 nitrogen and oxygen atoms in total. The Morgan fingerprint density at radius 2 is 1.79 bits per heavy atom. The van der Waals surface area contributed by atoms with Gasteiger partial charge >= 0.3 is 0 Å². The molecule has 0 aromatic heterocycles. The van der Waals surface area contributed by atoms with Gasteiger partial charge in [0.25, 0.3) is 0 Å².